The average Bonchev–Trinajstić information content (AvgIpc) is 2.39. The molecule has 0 aliphatic heterocycles. The maximum atomic E-state index is 11.0. The fraction of sp³-hybridized carbons (Fsp3) is 0.625. The lowest BCUT2D eigenvalue weighted by molar-refractivity contribution is -0.0492. The molecule has 1 aliphatic carbocycles. The second-order valence-corrected chi connectivity index (χ2v) is 5.61. The second kappa shape index (κ2) is 5.22. The molecular weight excluding hydrogens is 208 g/mol. The van der Waals surface area contributed by atoms with Crippen LogP contribution in [0.2, 0.25) is 0 Å². The highest BCUT2D eigenvalue weighted by molar-refractivity contribution is 5.23. The maximum absolute atomic E-state index is 11.0. The van der Waals surface area contributed by atoms with E-state index in [9.17, 15) is 5.11 Å². The predicted molar refractivity (Wildman–Crippen MR) is 71.8 cm³/mol. The summed E-state index contributed by atoms with van der Waals surface area (Å²) in [5, 5.41) is 11.0. The molecule has 3 atom stereocenters. The fourth-order valence-electron chi connectivity index (χ4n) is 3.32. The van der Waals surface area contributed by atoms with E-state index in [1.54, 1.807) is 0 Å². The van der Waals surface area contributed by atoms with Gasteiger partial charge in [-0.3, -0.25) is 0 Å². The first-order valence-corrected chi connectivity index (χ1v) is 6.94. The first-order valence-electron chi connectivity index (χ1n) is 6.94. The van der Waals surface area contributed by atoms with Crippen LogP contribution in [0.15, 0.2) is 30.3 Å². The Hall–Kier alpha value is -0.820. The Labute approximate surface area is 105 Å². The Morgan fingerprint density at radius 1 is 1.24 bits per heavy atom. The van der Waals surface area contributed by atoms with Gasteiger partial charge in [0.1, 0.15) is 0 Å². The smallest absolute Gasteiger partial charge is 0.0922 e. The lowest BCUT2D eigenvalue weighted by Crippen LogP contribution is -2.37. The van der Waals surface area contributed by atoms with Gasteiger partial charge in [0.15, 0.2) is 0 Å². The van der Waals surface area contributed by atoms with E-state index in [1.165, 1.54) is 25.7 Å². The monoisotopic (exact) mass is 232 g/mol. The zero-order chi connectivity index (χ0) is 12.3. The SMILES string of the molecule is CCC(O)(c1ccccc1)C1CCCC(C)C1. The van der Waals surface area contributed by atoms with Crippen LogP contribution in [0.3, 0.4) is 0 Å². The molecule has 1 nitrogen and oxygen atoms in total. The number of aliphatic hydroxyl groups is 1. The number of benzene rings is 1. The summed E-state index contributed by atoms with van der Waals surface area (Å²) < 4.78 is 0. The number of hydrogen-bond donors (Lipinski definition) is 1. The van der Waals surface area contributed by atoms with Crippen LogP contribution in [0, 0.1) is 11.8 Å². The standard InChI is InChI=1S/C16H24O/c1-3-16(17,14-9-5-4-6-10-14)15-11-7-8-13(2)12-15/h4-6,9-10,13,15,17H,3,7-8,11-12H2,1-2H3. The Bertz CT molecular complexity index is 346. The van der Waals surface area contributed by atoms with Crippen molar-refractivity contribution in [3.63, 3.8) is 0 Å². The van der Waals surface area contributed by atoms with Crippen LogP contribution >= 0.6 is 0 Å². The average molecular weight is 232 g/mol. The fourth-order valence-corrected chi connectivity index (χ4v) is 3.32. The Morgan fingerprint density at radius 3 is 2.53 bits per heavy atom. The van der Waals surface area contributed by atoms with Crippen molar-refractivity contribution in [2.45, 2.75) is 51.6 Å². The van der Waals surface area contributed by atoms with Crippen molar-refractivity contribution in [3.05, 3.63) is 35.9 Å². The minimum absolute atomic E-state index is 0.429. The van der Waals surface area contributed by atoms with Gasteiger partial charge in [-0.1, -0.05) is 57.0 Å². The summed E-state index contributed by atoms with van der Waals surface area (Å²) in [4.78, 5) is 0. The van der Waals surface area contributed by atoms with Gasteiger partial charge in [0.05, 0.1) is 5.60 Å². The minimum Gasteiger partial charge on any atom is -0.385 e. The quantitative estimate of drug-likeness (QED) is 0.831. The third-order valence-electron chi connectivity index (χ3n) is 4.42. The molecule has 0 spiro atoms. The largest absolute Gasteiger partial charge is 0.385 e. The lowest BCUT2D eigenvalue weighted by atomic mass is 9.69. The molecule has 0 amide bonds. The molecule has 0 radical (unpaired) electrons. The van der Waals surface area contributed by atoms with E-state index in [-0.39, 0.29) is 0 Å². The molecule has 0 saturated heterocycles. The number of hydrogen-bond acceptors (Lipinski definition) is 1. The molecule has 1 aromatic carbocycles. The summed E-state index contributed by atoms with van der Waals surface area (Å²) in [6, 6.07) is 10.2. The zero-order valence-electron chi connectivity index (χ0n) is 11.0. The Balaban J connectivity index is 2.24. The molecule has 1 saturated carbocycles. The van der Waals surface area contributed by atoms with E-state index in [4.69, 9.17) is 0 Å². The number of rotatable bonds is 3. The molecule has 0 bridgehead atoms. The maximum Gasteiger partial charge on any atom is 0.0922 e. The van der Waals surface area contributed by atoms with Gasteiger partial charge in [0.25, 0.3) is 0 Å². The normalized spacial score (nSPS) is 28.6. The lowest BCUT2D eigenvalue weighted by Gasteiger charge is -2.40. The van der Waals surface area contributed by atoms with Crippen molar-refractivity contribution in [3.8, 4) is 0 Å². The summed E-state index contributed by atoms with van der Waals surface area (Å²) in [5.41, 5.74) is 0.484. The summed E-state index contributed by atoms with van der Waals surface area (Å²) in [6.07, 6.45) is 5.74. The van der Waals surface area contributed by atoms with Crippen molar-refractivity contribution in [2.75, 3.05) is 0 Å². The summed E-state index contributed by atoms with van der Waals surface area (Å²) in [5.74, 6) is 1.19. The van der Waals surface area contributed by atoms with Crippen LogP contribution in [0.5, 0.6) is 0 Å². The van der Waals surface area contributed by atoms with Crippen LogP contribution in [-0.2, 0) is 5.60 Å². The molecule has 0 heterocycles. The molecule has 1 fully saturated rings. The first kappa shape index (κ1) is 12.6. The molecule has 2 rings (SSSR count). The predicted octanol–water partition coefficient (Wildman–Crippen LogP) is 4.11. The van der Waals surface area contributed by atoms with E-state index < -0.39 is 5.60 Å². The van der Waals surface area contributed by atoms with E-state index in [2.05, 4.69) is 26.0 Å². The van der Waals surface area contributed by atoms with Gasteiger partial charge in [-0.05, 0) is 36.7 Å². The topological polar surface area (TPSA) is 20.2 Å². The summed E-state index contributed by atoms with van der Waals surface area (Å²) >= 11 is 0. The first-order chi connectivity index (χ1) is 8.16. The van der Waals surface area contributed by atoms with E-state index in [0.717, 1.165) is 17.9 Å². The highest BCUT2D eigenvalue weighted by Crippen LogP contribution is 2.43. The van der Waals surface area contributed by atoms with Crippen LogP contribution < -0.4 is 0 Å². The van der Waals surface area contributed by atoms with Crippen molar-refractivity contribution in [2.24, 2.45) is 11.8 Å². The van der Waals surface area contributed by atoms with Crippen molar-refractivity contribution < 1.29 is 5.11 Å². The van der Waals surface area contributed by atoms with Gasteiger partial charge < -0.3 is 5.11 Å². The molecule has 1 aliphatic rings. The van der Waals surface area contributed by atoms with Gasteiger partial charge in [-0.15, -0.1) is 0 Å². The Morgan fingerprint density at radius 2 is 1.94 bits per heavy atom. The van der Waals surface area contributed by atoms with Gasteiger partial charge >= 0.3 is 0 Å². The van der Waals surface area contributed by atoms with Crippen LogP contribution in [0.4, 0.5) is 0 Å². The zero-order valence-corrected chi connectivity index (χ0v) is 11.0. The van der Waals surface area contributed by atoms with Gasteiger partial charge in [-0.2, -0.15) is 0 Å². The molecule has 94 valence electrons. The van der Waals surface area contributed by atoms with E-state index in [0.29, 0.717) is 5.92 Å². The molecule has 3 unspecified atom stereocenters. The third kappa shape index (κ3) is 2.55. The van der Waals surface area contributed by atoms with Crippen molar-refractivity contribution in [1.29, 1.82) is 0 Å². The highest BCUT2D eigenvalue weighted by Gasteiger charge is 2.38. The van der Waals surface area contributed by atoms with E-state index >= 15 is 0 Å². The molecule has 0 aromatic heterocycles. The minimum atomic E-state index is -0.615. The summed E-state index contributed by atoms with van der Waals surface area (Å²) in [7, 11) is 0. The molecule has 1 heteroatoms. The van der Waals surface area contributed by atoms with Gasteiger partial charge in [-0.25, -0.2) is 0 Å². The summed E-state index contributed by atoms with van der Waals surface area (Å²) in [6.45, 7) is 4.42. The highest BCUT2D eigenvalue weighted by atomic mass is 16.3. The van der Waals surface area contributed by atoms with Crippen LogP contribution in [0.25, 0.3) is 0 Å². The van der Waals surface area contributed by atoms with Crippen LogP contribution in [-0.4, -0.2) is 5.11 Å². The molecule has 1 N–H and O–H groups in total. The van der Waals surface area contributed by atoms with Crippen LogP contribution in [0.1, 0.15) is 51.5 Å². The van der Waals surface area contributed by atoms with E-state index in [1.807, 2.05) is 18.2 Å². The van der Waals surface area contributed by atoms with Gasteiger partial charge in [0.2, 0.25) is 0 Å². The Kier molecular flexibility index (Phi) is 3.88. The molecule has 1 aromatic rings. The molecule has 17 heavy (non-hydrogen) atoms. The van der Waals surface area contributed by atoms with Gasteiger partial charge in [0, 0.05) is 0 Å². The molecular formula is C16H24O. The van der Waals surface area contributed by atoms with Crippen molar-refractivity contribution >= 4 is 0 Å². The second-order valence-electron chi connectivity index (χ2n) is 5.61. The third-order valence-corrected chi connectivity index (χ3v) is 4.42. The van der Waals surface area contributed by atoms with Crippen molar-refractivity contribution in [1.82, 2.24) is 0 Å².